The third kappa shape index (κ3) is 3.63. The van der Waals surface area contributed by atoms with Crippen LogP contribution in [0.5, 0.6) is 0 Å². The fourth-order valence-electron chi connectivity index (χ4n) is 1.64. The number of nitrogens with one attached hydrogen (secondary N) is 1. The van der Waals surface area contributed by atoms with Gasteiger partial charge in [-0.1, -0.05) is 18.2 Å². The van der Waals surface area contributed by atoms with Crippen molar-refractivity contribution in [3.63, 3.8) is 0 Å². The van der Waals surface area contributed by atoms with E-state index in [4.69, 9.17) is 5.26 Å². The number of para-hydroxylation sites is 1. The molecule has 2 heteroatoms. The van der Waals surface area contributed by atoms with E-state index < -0.39 is 0 Å². The van der Waals surface area contributed by atoms with E-state index in [9.17, 15) is 0 Å². The summed E-state index contributed by atoms with van der Waals surface area (Å²) in [7, 11) is 0. The predicted molar refractivity (Wildman–Crippen MR) is 63.9 cm³/mol. The van der Waals surface area contributed by atoms with E-state index in [-0.39, 0.29) is 0 Å². The molecule has 0 spiro atoms. The molecule has 1 N–H and O–H groups in total. The van der Waals surface area contributed by atoms with E-state index in [0.717, 1.165) is 19.4 Å². The normalized spacial score (nSPS) is 9.67. The van der Waals surface area contributed by atoms with Crippen molar-refractivity contribution in [1.82, 2.24) is 0 Å². The molecule has 0 saturated heterocycles. The molecule has 1 aromatic carbocycles. The first-order valence-corrected chi connectivity index (χ1v) is 5.42. The van der Waals surface area contributed by atoms with Crippen LogP contribution >= 0.6 is 0 Å². The van der Waals surface area contributed by atoms with Crippen molar-refractivity contribution in [1.29, 1.82) is 5.26 Å². The highest BCUT2D eigenvalue weighted by Gasteiger charge is 1.99. The van der Waals surface area contributed by atoms with Crippen LogP contribution in [0.1, 0.15) is 30.4 Å². The number of benzene rings is 1. The minimum atomic E-state index is 0.661. The standard InChI is InChI=1S/C13H18N2/c1-11-7-6-8-12(2)13(11)15-10-5-3-4-9-14/h6-8,15H,3-5,10H2,1-2H3. The largest absolute Gasteiger partial charge is 0.385 e. The minimum absolute atomic E-state index is 0.661. The van der Waals surface area contributed by atoms with Gasteiger partial charge < -0.3 is 5.32 Å². The molecule has 1 aromatic rings. The van der Waals surface area contributed by atoms with E-state index in [1.54, 1.807) is 0 Å². The number of unbranched alkanes of at least 4 members (excludes halogenated alkanes) is 2. The molecule has 0 aliphatic rings. The first kappa shape index (κ1) is 11.6. The van der Waals surface area contributed by atoms with Gasteiger partial charge in [-0.2, -0.15) is 5.26 Å². The molecule has 15 heavy (non-hydrogen) atoms. The number of nitriles is 1. The predicted octanol–water partition coefficient (Wildman–Crippen LogP) is 3.41. The summed E-state index contributed by atoms with van der Waals surface area (Å²) in [5.41, 5.74) is 3.82. The van der Waals surface area contributed by atoms with E-state index in [1.807, 2.05) is 0 Å². The monoisotopic (exact) mass is 202 g/mol. The zero-order valence-electron chi connectivity index (χ0n) is 9.51. The lowest BCUT2D eigenvalue weighted by Crippen LogP contribution is -2.04. The van der Waals surface area contributed by atoms with Gasteiger partial charge >= 0.3 is 0 Å². The van der Waals surface area contributed by atoms with Gasteiger partial charge in [-0.3, -0.25) is 0 Å². The Morgan fingerprint density at radius 2 is 1.87 bits per heavy atom. The van der Waals surface area contributed by atoms with Gasteiger partial charge in [-0.25, -0.2) is 0 Å². The highest BCUT2D eigenvalue weighted by molar-refractivity contribution is 5.56. The minimum Gasteiger partial charge on any atom is -0.385 e. The highest BCUT2D eigenvalue weighted by Crippen LogP contribution is 2.19. The maximum Gasteiger partial charge on any atom is 0.0621 e. The van der Waals surface area contributed by atoms with Gasteiger partial charge in [-0.15, -0.1) is 0 Å². The maximum atomic E-state index is 8.40. The highest BCUT2D eigenvalue weighted by atomic mass is 14.9. The Bertz CT molecular complexity index is 330. The topological polar surface area (TPSA) is 35.8 Å². The number of hydrogen-bond acceptors (Lipinski definition) is 2. The summed E-state index contributed by atoms with van der Waals surface area (Å²) >= 11 is 0. The molecule has 0 atom stereocenters. The quantitative estimate of drug-likeness (QED) is 0.743. The molecule has 0 amide bonds. The first-order chi connectivity index (χ1) is 7.25. The molecule has 0 saturated carbocycles. The van der Waals surface area contributed by atoms with Crippen molar-refractivity contribution in [2.45, 2.75) is 33.1 Å². The molecule has 2 nitrogen and oxygen atoms in total. The van der Waals surface area contributed by atoms with Crippen molar-refractivity contribution in [3.8, 4) is 6.07 Å². The Morgan fingerprint density at radius 3 is 2.47 bits per heavy atom. The molecule has 0 radical (unpaired) electrons. The van der Waals surface area contributed by atoms with Gasteiger partial charge in [0.25, 0.3) is 0 Å². The van der Waals surface area contributed by atoms with Crippen LogP contribution < -0.4 is 5.32 Å². The van der Waals surface area contributed by atoms with E-state index >= 15 is 0 Å². The lowest BCUT2D eigenvalue weighted by molar-refractivity contribution is 0.784. The van der Waals surface area contributed by atoms with E-state index in [2.05, 4.69) is 43.4 Å². The molecule has 0 unspecified atom stereocenters. The van der Waals surface area contributed by atoms with E-state index in [1.165, 1.54) is 16.8 Å². The van der Waals surface area contributed by atoms with Crippen molar-refractivity contribution in [2.24, 2.45) is 0 Å². The molecule has 0 fully saturated rings. The summed E-state index contributed by atoms with van der Waals surface area (Å²) in [6.45, 7) is 5.18. The van der Waals surface area contributed by atoms with Gasteiger partial charge in [0, 0.05) is 18.7 Å². The lowest BCUT2D eigenvalue weighted by atomic mass is 10.1. The van der Waals surface area contributed by atoms with Crippen molar-refractivity contribution in [2.75, 3.05) is 11.9 Å². The molecule has 0 aromatic heterocycles. The van der Waals surface area contributed by atoms with E-state index in [0.29, 0.717) is 6.42 Å². The number of aryl methyl sites for hydroxylation is 2. The second-order valence-electron chi connectivity index (χ2n) is 3.81. The summed E-state index contributed by atoms with van der Waals surface area (Å²) in [6.07, 6.45) is 2.70. The van der Waals surface area contributed by atoms with Gasteiger partial charge in [0.15, 0.2) is 0 Å². The summed E-state index contributed by atoms with van der Waals surface area (Å²) in [4.78, 5) is 0. The van der Waals surface area contributed by atoms with Gasteiger partial charge in [0.1, 0.15) is 0 Å². The molecule has 80 valence electrons. The Kier molecular flexibility index (Phi) is 4.70. The number of hydrogen-bond donors (Lipinski definition) is 1. The number of anilines is 1. The van der Waals surface area contributed by atoms with Crippen LogP contribution in [0.2, 0.25) is 0 Å². The Labute approximate surface area is 91.9 Å². The van der Waals surface area contributed by atoms with Gasteiger partial charge in [0.05, 0.1) is 6.07 Å². The fourth-order valence-corrected chi connectivity index (χ4v) is 1.64. The molecule has 0 heterocycles. The molecular formula is C13H18N2. The molecule has 0 bridgehead atoms. The maximum absolute atomic E-state index is 8.40. The fraction of sp³-hybridized carbons (Fsp3) is 0.462. The van der Waals surface area contributed by atoms with Crippen molar-refractivity contribution in [3.05, 3.63) is 29.3 Å². The summed E-state index contributed by atoms with van der Waals surface area (Å²) in [6, 6.07) is 8.47. The first-order valence-electron chi connectivity index (χ1n) is 5.42. The van der Waals surface area contributed by atoms with Gasteiger partial charge in [-0.05, 0) is 37.8 Å². The van der Waals surface area contributed by atoms with Crippen LogP contribution in [-0.4, -0.2) is 6.54 Å². The second-order valence-corrected chi connectivity index (χ2v) is 3.81. The van der Waals surface area contributed by atoms with Crippen LogP contribution in [0.3, 0.4) is 0 Å². The molecule has 0 aliphatic carbocycles. The van der Waals surface area contributed by atoms with Crippen LogP contribution in [0.15, 0.2) is 18.2 Å². The second kappa shape index (κ2) is 6.08. The lowest BCUT2D eigenvalue weighted by Gasteiger charge is -2.11. The summed E-state index contributed by atoms with van der Waals surface area (Å²) < 4.78 is 0. The van der Waals surface area contributed by atoms with Crippen LogP contribution in [0.25, 0.3) is 0 Å². The summed E-state index contributed by atoms with van der Waals surface area (Å²) in [5.74, 6) is 0. The van der Waals surface area contributed by atoms with Gasteiger partial charge in [0.2, 0.25) is 0 Å². The van der Waals surface area contributed by atoms with Crippen LogP contribution in [0.4, 0.5) is 5.69 Å². The Balaban J connectivity index is 2.41. The van der Waals surface area contributed by atoms with Crippen molar-refractivity contribution >= 4 is 5.69 Å². The molecule has 1 rings (SSSR count). The number of nitrogens with zero attached hydrogens (tertiary/aromatic N) is 1. The Hall–Kier alpha value is -1.49. The zero-order chi connectivity index (χ0) is 11.1. The van der Waals surface area contributed by atoms with Crippen LogP contribution in [0, 0.1) is 25.2 Å². The summed E-state index contributed by atoms with van der Waals surface area (Å²) in [5, 5.41) is 11.8. The smallest absolute Gasteiger partial charge is 0.0621 e. The number of rotatable bonds is 5. The molecular weight excluding hydrogens is 184 g/mol. The average molecular weight is 202 g/mol. The Morgan fingerprint density at radius 1 is 1.20 bits per heavy atom. The average Bonchev–Trinajstić information content (AvgIpc) is 2.21. The SMILES string of the molecule is Cc1cccc(C)c1NCCCCC#N. The zero-order valence-corrected chi connectivity index (χ0v) is 9.51. The third-order valence-electron chi connectivity index (χ3n) is 2.50. The third-order valence-corrected chi connectivity index (χ3v) is 2.50. The van der Waals surface area contributed by atoms with Crippen molar-refractivity contribution < 1.29 is 0 Å². The molecule has 0 aliphatic heterocycles. The van der Waals surface area contributed by atoms with Crippen LogP contribution in [-0.2, 0) is 0 Å².